The van der Waals surface area contributed by atoms with Crippen LogP contribution in [0.15, 0.2) is 4.73 Å². The SMILES string of the molecule is Cc1nc(Br)nc2c(C(=O)O)snc12. The smallest absolute Gasteiger partial charge is 0.349 e. The number of hydrogen-bond acceptors (Lipinski definition) is 5. The monoisotopic (exact) mass is 273 g/mol. The van der Waals surface area contributed by atoms with Crippen molar-refractivity contribution in [3.8, 4) is 0 Å². The first-order chi connectivity index (χ1) is 6.59. The van der Waals surface area contributed by atoms with Gasteiger partial charge in [-0.05, 0) is 34.4 Å². The molecule has 2 aromatic rings. The van der Waals surface area contributed by atoms with E-state index in [2.05, 4.69) is 30.3 Å². The Morgan fingerprint density at radius 1 is 1.43 bits per heavy atom. The van der Waals surface area contributed by atoms with Gasteiger partial charge in [-0.2, -0.15) is 4.37 Å². The van der Waals surface area contributed by atoms with Crippen LogP contribution >= 0.6 is 27.5 Å². The average Bonchev–Trinajstić information content (AvgIpc) is 2.47. The average molecular weight is 274 g/mol. The van der Waals surface area contributed by atoms with Crippen LogP contribution in [0.25, 0.3) is 11.0 Å². The number of aryl methyl sites for hydroxylation is 1. The summed E-state index contributed by atoms with van der Waals surface area (Å²) in [6, 6.07) is 0. The highest BCUT2D eigenvalue weighted by Crippen LogP contribution is 2.23. The Labute approximate surface area is 91.1 Å². The van der Waals surface area contributed by atoms with Crippen LogP contribution in [-0.2, 0) is 0 Å². The zero-order valence-corrected chi connectivity index (χ0v) is 9.39. The first-order valence-corrected chi connectivity index (χ1v) is 5.19. The lowest BCUT2D eigenvalue weighted by Crippen LogP contribution is -1.95. The van der Waals surface area contributed by atoms with Gasteiger partial charge in [0.1, 0.15) is 11.0 Å². The Balaban J connectivity index is 2.85. The Bertz CT molecular complexity index is 525. The van der Waals surface area contributed by atoms with Gasteiger partial charge in [0.15, 0.2) is 9.61 Å². The highest BCUT2D eigenvalue weighted by Gasteiger charge is 2.16. The van der Waals surface area contributed by atoms with Crippen molar-refractivity contribution in [2.45, 2.75) is 6.92 Å². The second-order valence-electron chi connectivity index (χ2n) is 2.59. The van der Waals surface area contributed by atoms with Crippen molar-refractivity contribution in [3.63, 3.8) is 0 Å². The van der Waals surface area contributed by atoms with Crippen molar-refractivity contribution in [1.29, 1.82) is 0 Å². The molecule has 2 aromatic heterocycles. The number of fused-ring (bicyclic) bond motifs is 1. The lowest BCUT2D eigenvalue weighted by molar-refractivity contribution is 0.0704. The summed E-state index contributed by atoms with van der Waals surface area (Å²) in [6.07, 6.45) is 0. The first kappa shape index (κ1) is 9.47. The molecular weight excluding hydrogens is 270 g/mol. The van der Waals surface area contributed by atoms with E-state index >= 15 is 0 Å². The number of carbonyl (C=O) groups is 1. The maximum Gasteiger partial charge on any atom is 0.349 e. The molecule has 0 spiro atoms. The molecule has 72 valence electrons. The van der Waals surface area contributed by atoms with Crippen LogP contribution in [0.5, 0.6) is 0 Å². The topological polar surface area (TPSA) is 76.0 Å². The first-order valence-electron chi connectivity index (χ1n) is 3.62. The number of aromatic nitrogens is 3. The van der Waals surface area contributed by atoms with Gasteiger partial charge in [-0.3, -0.25) is 0 Å². The minimum absolute atomic E-state index is 0.145. The van der Waals surface area contributed by atoms with Crippen molar-refractivity contribution in [2.24, 2.45) is 0 Å². The van der Waals surface area contributed by atoms with Gasteiger partial charge in [0, 0.05) is 0 Å². The van der Waals surface area contributed by atoms with Crippen molar-refractivity contribution in [3.05, 3.63) is 15.3 Å². The van der Waals surface area contributed by atoms with Gasteiger partial charge < -0.3 is 5.11 Å². The van der Waals surface area contributed by atoms with E-state index in [-0.39, 0.29) is 4.88 Å². The van der Waals surface area contributed by atoms with E-state index in [9.17, 15) is 4.79 Å². The van der Waals surface area contributed by atoms with Gasteiger partial charge in [-0.1, -0.05) is 0 Å². The Hall–Kier alpha value is -1.08. The highest BCUT2D eigenvalue weighted by atomic mass is 79.9. The summed E-state index contributed by atoms with van der Waals surface area (Å²) in [5.74, 6) is -1.01. The minimum atomic E-state index is -1.01. The molecule has 2 rings (SSSR count). The standard InChI is InChI=1S/C7H4BrN3O2S/c1-2-3-4(10-7(8)9-2)5(6(12)13)14-11-3/h1H3,(H,12,13). The zero-order valence-electron chi connectivity index (χ0n) is 6.98. The second kappa shape index (κ2) is 3.25. The molecule has 1 N–H and O–H groups in total. The predicted molar refractivity (Wildman–Crippen MR) is 54.6 cm³/mol. The molecule has 5 nitrogen and oxygen atoms in total. The van der Waals surface area contributed by atoms with Crippen LogP contribution in [0.2, 0.25) is 0 Å². The third-order valence-corrected chi connectivity index (χ3v) is 2.85. The van der Waals surface area contributed by atoms with Crippen molar-refractivity contribution < 1.29 is 9.90 Å². The highest BCUT2D eigenvalue weighted by molar-refractivity contribution is 9.10. The van der Waals surface area contributed by atoms with Gasteiger partial charge in [0.05, 0.1) is 5.69 Å². The van der Waals surface area contributed by atoms with Gasteiger partial charge in [-0.25, -0.2) is 14.8 Å². The Morgan fingerprint density at radius 2 is 2.14 bits per heavy atom. The van der Waals surface area contributed by atoms with Crippen LogP contribution in [0.1, 0.15) is 15.4 Å². The molecule has 0 unspecified atom stereocenters. The number of rotatable bonds is 1. The van der Waals surface area contributed by atoms with Crippen LogP contribution in [0.3, 0.4) is 0 Å². The largest absolute Gasteiger partial charge is 0.477 e. The summed E-state index contributed by atoms with van der Waals surface area (Å²) in [6.45, 7) is 1.76. The molecular formula is C7H4BrN3O2S. The molecule has 0 saturated carbocycles. The number of nitrogens with zero attached hydrogens (tertiary/aromatic N) is 3. The number of carboxylic acids is 1. The van der Waals surface area contributed by atoms with Crippen molar-refractivity contribution in [1.82, 2.24) is 14.3 Å². The molecule has 0 amide bonds. The number of hydrogen-bond donors (Lipinski definition) is 1. The van der Waals surface area contributed by atoms with Crippen LogP contribution < -0.4 is 0 Å². The molecule has 0 saturated heterocycles. The second-order valence-corrected chi connectivity index (χ2v) is 4.07. The van der Waals surface area contributed by atoms with Gasteiger partial charge in [0.2, 0.25) is 0 Å². The number of carboxylic acid groups (broad SMARTS) is 1. The third kappa shape index (κ3) is 1.38. The van der Waals surface area contributed by atoms with Crippen LogP contribution in [0.4, 0.5) is 0 Å². The van der Waals surface area contributed by atoms with Gasteiger partial charge in [-0.15, -0.1) is 0 Å². The predicted octanol–water partition coefficient (Wildman–Crippen LogP) is 1.86. The maximum absolute atomic E-state index is 10.8. The fourth-order valence-corrected chi connectivity index (χ4v) is 2.23. The van der Waals surface area contributed by atoms with E-state index in [0.29, 0.717) is 21.5 Å². The summed E-state index contributed by atoms with van der Waals surface area (Å²) < 4.78 is 4.38. The van der Waals surface area contributed by atoms with E-state index in [0.717, 1.165) is 11.5 Å². The van der Waals surface area contributed by atoms with E-state index in [4.69, 9.17) is 5.11 Å². The van der Waals surface area contributed by atoms with Crippen molar-refractivity contribution in [2.75, 3.05) is 0 Å². The molecule has 0 aliphatic heterocycles. The molecule has 0 aromatic carbocycles. The molecule has 7 heteroatoms. The minimum Gasteiger partial charge on any atom is -0.477 e. The van der Waals surface area contributed by atoms with Crippen LogP contribution in [0, 0.1) is 6.92 Å². The van der Waals surface area contributed by atoms with Gasteiger partial charge in [0.25, 0.3) is 0 Å². The fraction of sp³-hybridized carbons (Fsp3) is 0.143. The van der Waals surface area contributed by atoms with E-state index in [1.165, 1.54) is 0 Å². The number of halogens is 1. The van der Waals surface area contributed by atoms with E-state index < -0.39 is 5.97 Å². The molecule has 0 aliphatic rings. The molecule has 0 aliphatic carbocycles. The Kier molecular flexibility index (Phi) is 2.20. The third-order valence-electron chi connectivity index (χ3n) is 1.67. The summed E-state index contributed by atoms with van der Waals surface area (Å²) in [7, 11) is 0. The molecule has 0 bridgehead atoms. The molecule has 0 atom stereocenters. The lowest BCUT2D eigenvalue weighted by atomic mass is 10.3. The summed E-state index contributed by atoms with van der Waals surface area (Å²) in [5, 5.41) is 8.85. The zero-order chi connectivity index (χ0) is 10.3. The molecule has 2 heterocycles. The lowest BCUT2D eigenvalue weighted by Gasteiger charge is -1.94. The van der Waals surface area contributed by atoms with E-state index in [1.807, 2.05) is 0 Å². The van der Waals surface area contributed by atoms with Crippen LogP contribution in [-0.4, -0.2) is 25.4 Å². The summed E-state index contributed by atoms with van der Waals surface area (Å²) in [4.78, 5) is 19.0. The number of aromatic carboxylic acids is 1. The maximum atomic E-state index is 10.8. The molecule has 14 heavy (non-hydrogen) atoms. The summed E-state index contributed by atoms with van der Waals surface area (Å²) >= 11 is 4.03. The fourth-order valence-electron chi connectivity index (χ4n) is 1.08. The molecule has 0 fully saturated rings. The normalized spacial score (nSPS) is 10.7. The van der Waals surface area contributed by atoms with E-state index in [1.54, 1.807) is 6.92 Å². The summed E-state index contributed by atoms with van der Waals surface area (Å²) in [5.41, 5.74) is 1.61. The van der Waals surface area contributed by atoms with Crippen molar-refractivity contribution >= 4 is 44.5 Å². The Morgan fingerprint density at radius 3 is 2.79 bits per heavy atom. The quantitative estimate of drug-likeness (QED) is 0.803. The molecule has 0 radical (unpaired) electrons. The van der Waals surface area contributed by atoms with Gasteiger partial charge >= 0.3 is 5.97 Å².